The highest BCUT2D eigenvalue weighted by atomic mass is 35.5. The van der Waals surface area contributed by atoms with E-state index in [-0.39, 0.29) is 33.4 Å². The van der Waals surface area contributed by atoms with Crippen LogP contribution in [0.4, 0.5) is 44.7 Å². The van der Waals surface area contributed by atoms with Crippen LogP contribution in [0.3, 0.4) is 0 Å². The molecule has 4 N–H and O–H groups in total. The van der Waals surface area contributed by atoms with Crippen molar-refractivity contribution in [3.05, 3.63) is 94.7 Å². The summed E-state index contributed by atoms with van der Waals surface area (Å²) in [5, 5.41) is 17.2. The van der Waals surface area contributed by atoms with Gasteiger partial charge in [0.15, 0.2) is 5.82 Å². The number of alkyl halides is 3. The summed E-state index contributed by atoms with van der Waals surface area (Å²) in [6.07, 6.45) is -0.912. The van der Waals surface area contributed by atoms with Gasteiger partial charge in [0.25, 0.3) is 0 Å². The van der Waals surface area contributed by atoms with Crippen LogP contribution in [0.15, 0.2) is 66.8 Å². The van der Waals surface area contributed by atoms with Crippen molar-refractivity contribution >= 4 is 51.2 Å². The van der Waals surface area contributed by atoms with Gasteiger partial charge in [0, 0.05) is 49.2 Å². The van der Waals surface area contributed by atoms with E-state index in [0.29, 0.717) is 28.0 Å². The van der Waals surface area contributed by atoms with E-state index in [0.717, 1.165) is 17.3 Å². The summed E-state index contributed by atoms with van der Waals surface area (Å²) < 4.78 is 66.7. The third-order valence-corrected chi connectivity index (χ3v) is 7.07. The fourth-order valence-electron chi connectivity index (χ4n) is 4.59. The molecule has 16 heteroatoms. The van der Waals surface area contributed by atoms with Gasteiger partial charge in [-0.15, -0.1) is 5.53 Å². The first-order valence-corrected chi connectivity index (χ1v) is 13.5. The van der Waals surface area contributed by atoms with Crippen molar-refractivity contribution in [1.82, 2.24) is 25.9 Å². The summed E-state index contributed by atoms with van der Waals surface area (Å²) in [7, 11) is 1.59. The van der Waals surface area contributed by atoms with Crippen LogP contribution in [-0.2, 0) is 4.79 Å². The Morgan fingerprint density at radius 2 is 1.93 bits per heavy atom. The number of carbonyl (C=O) groups is 1. The molecule has 0 unspecified atom stereocenters. The predicted molar refractivity (Wildman–Crippen MR) is 158 cm³/mol. The van der Waals surface area contributed by atoms with Crippen molar-refractivity contribution in [3.63, 3.8) is 0 Å². The van der Waals surface area contributed by atoms with E-state index in [1.165, 1.54) is 24.2 Å². The van der Waals surface area contributed by atoms with E-state index in [4.69, 9.17) is 11.6 Å². The molecule has 10 nitrogen and oxygen atoms in total. The lowest BCUT2D eigenvalue weighted by atomic mass is 10.0. The van der Waals surface area contributed by atoms with Gasteiger partial charge in [-0.2, -0.15) is 22.8 Å². The Kier molecular flexibility index (Phi) is 8.62. The molecule has 0 fully saturated rings. The quantitative estimate of drug-likeness (QED) is 0.134. The Hall–Kier alpha value is -5.20. The number of hydrogen-bond donors (Lipinski definition) is 4. The van der Waals surface area contributed by atoms with Gasteiger partial charge in [0.2, 0.25) is 11.9 Å². The fourth-order valence-corrected chi connectivity index (χ4v) is 4.86. The Labute approximate surface area is 258 Å². The van der Waals surface area contributed by atoms with Crippen molar-refractivity contribution in [2.45, 2.75) is 19.1 Å². The summed E-state index contributed by atoms with van der Waals surface area (Å²) in [4.78, 5) is 21.1. The van der Waals surface area contributed by atoms with Gasteiger partial charge in [-0.25, -0.2) is 9.37 Å². The molecule has 0 radical (unpaired) electrons. The molecule has 2 aromatic carbocycles. The van der Waals surface area contributed by atoms with E-state index in [1.807, 2.05) is 6.07 Å². The number of anilines is 4. The van der Waals surface area contributed by atoms with E-state index in [1.54, 1.807) is 43.4 Å². The summed E-state index contributed by atoms with van der Waals surface area (Å²) in [6, 6.07) is 12.0. The number of halogens is 6. The molecule has 0 saturated carbocycles. The maximum atomic E-state index is 13.9. The first-order chi connectivity index (χ1) is 21.3. The molecule has 1 amide bonds. The standard InChI is InChI=1S/C29H23ClF5N9O/c1-15(45)43(2)20-5-3-4-16(6-20)26(24-13-44(42-41-24)14-29(33,34)35)39-18-7-21-25(40-19-9-23(31)28(32)38-12-19)17(10-36)11-37-27(21)22(30)8-18/h3-9,11-13,26,39,41-42H,14H2,1-2H3,(H,37,40)/t26-/m0/s1. The summed E-state index contributed by atoms with van der Waals surface area (Å²) in [6.45, 7) is 0.118. The smallest absolute Gasteiger partial charge is 0.373 e. The van der Waals surface area contributed by atoms with E-state index in [2.05, 4.69) is 31.6 Å². The number of fused-ring (bicyclic) bond motifs is 1. The van der Waals surface area contributed by atoms with Crippen LogP contribution >= 0.6 is 11.6 Å². The molecule has 2 aromatic heterocycles. The number of nitrogens with one attached hydrogen (secondary N) is 4. The van der Waals surface area contributed by atoms with Gasteiger partial charge >= 0.3 is 6.18 Å². The molecule has 45 heavy (non-hydrogen) atoms. The van der Waals surface area contributed by atoms with Crippen molar-refractivity contribution in [2.75, 3.05) is 29.1 Å². The van der Waals surface area contributed by atoms with E-state index in [9.17, 15) is 32.0 Å². The van der Waals surface area contributed by atoms with Gasteiger partial charge in [-0.1, -0.05) is 23.7 Å². The zero-order valence-corrected chi connectivity index (χ0v) is 24.2. The topological polar surface area (TPSA) is 121 Å². The molecule has 0 saturated heterocycles. The number of hydrazine groups is 2. The maximum absolute atomic E-state index is 13.9. The third kappa shape index (κ3) is 6.97. The fraction of sp³-hybridized carbons (Fsp3) is 0.172. The van der Waals surface area contributed by atoms with Crippen LogP contribution in [0.2, 0.25) is 5.02 Å². The van der Waals surface area contributed by atoms with E-state index < -0.39 is 30.5 Å². The lowest BCUT2D eigenvalue weighted by molar-refractivity contribution is -0.145. The van der Waals surface area contributed by atoms with Crippen LogP contribution in [-0.4, -0.2) is 40.7 Å². The molecular formula is C29H23ClF5N9O. The summed E-state index contributed by atoms with van der Waals surface area (Å²) in [5.74, 6) is -2.73. The molecule has 5 rings (SSSR count). The SMILES string of the molecule is CC(=O)N(C)c1cccc([C@H](Nc2cc(Cl)c3ncc(C#N)c(Nc4cnc(F)c(F)c4)c3c2)C2=CN(CC(F)(F)F)NN2)c1. The lowest BCUT2D eigenvalue weighted by Gasteiger charge is -2.24. The van der Waals surface area contributed by atoms with Crippen LogP contribution < -0.4 is 26.5 Å². The lowest BCUT2D eigenvalue weighted by Crippen LogP contribution is -2.42. The molecule has 1 aliphatic rings. The number of rotatable bonds is 8. The molecule has 4 aromatic rings. The van der Waals surface area contributed by atoms with Gasteiger partial charge in [-0.05, 0) is 29.8 Å². The first-order valence-electron chi connectivity index (χ1n) is 13.1. The highest BCUT2D eigenvalue weighted by Gasteiger charge is 2.33. The average Bonchev–Trinajstić information content (AvgIpc) is 3.44. The number of pyridine rings is 2. The second-order valence-corrected chi connectivity index (χ2v) is 10.4. The second-order valence-electron chi connectivity index (χ2n) is 9.95. The molecule has 0 spiro atoms. The molecular weight excluding hydrogens is 621 g/mol. The average molecular weight is 644 g/mol. The number of amides is 1. The van der Waals surface area contributed by atoms with Crippen LogP contribution in [0.25, 0.3) is 10.9 Å². The number of hydrogen-bond acceptors (Lipinski definition) is 9. The van der Waals surface area contributed by atoms with Crippen molar-refractivity contribution < 1.29 is 26.7 Å². The number of aromatic nitrogens is 2. The maximum Gasteiger partial charge on any atom is 0.407 e. The number of nitrogens with zero attached hydrogens (tertiary/aromatic N) is 5. The van der Waals surface area contributed by atoms with E-state index >= 15 is 0 Å². The van der Waals surface area contributed by atoms with Gasteiger partial charge in [-0.3, -0.25) is 14.8 Å². The molecule has 0 aliphatic carbocycles. The Balaban J connectivity index is 1.60. The third-order valence-electron chi connectivity index (χ3n) is 6.78. The molecule has 0 bridgehead atoms. The van der Waals surface area contributed by atoms with Gasteiger partial charge in [0.1, 0.15) is 12.6 Å². The molecule has 1 aliphatic heterocycles. The molecule has 1 atom stereocenters. The van der Waals surface area contributed by atoms with Gasteiger partial charge in [0.05, 0.1) is 45.4 Å². The molecule has 3 heterocycles. The highest BCUT2D eigenvalue weighted by molar-refractivity contribution is 6.36. The number of carbonyl (C=O) groups excluding carboxylic acids is 1. The minimum absolute atomic E-state index is 0.0489. The van der Waals surface area contributed by atoms with Crippen molar-refractivity contribution in [2.24, 2.45) is 0 Å². The second kappa shape index (κ2) is 12.4. The monoisotopic (exact) mass is 643 g/mol. The summed E-state index contributed by atoms with van der Waals surface area (Å²) >= 11 is 6.61. The normalized spacial score (nSPS) is 13.6. The van der Waals surface area contributed by atoms with Crippen LogP contribution in [0.5, 0.6) is 0 Å². The largest absolute Gasteiger partial charge is 0.407 e. The number of nitriles is 1. The van der Waals surface area contributed by atoms with Gasteiger partial charge < -0.3 is 21.0 Å². The zero-order valence-electron chi connectivity index (χ0n) is 23.5. The molecule has 232 valence electrons. The van der Waals surface area contributed by atoms with Crippen LogP contribution in [0, 0.1) is 23.1 Å². The predicted octanol–water partition coefficient (Wildman–Crippen LogP) is 6.04. The first kappa shape index (κ1) is 31.2. The Morgan fingerprint density at radius 3 is 2.62 bits per heavy atom. The Morgan fingerprint density at radius 1 is 1.16 bits per heavy atom. The zero-order chi connectivity index (χ0) is 32.5. The highest BCUT2D eigenvalue weighted by Crippen LogP contribution is 2.37. The summed E-state index contributed by atoms with van der Waals surface area (Å²) in [5.41, 5.74) is 7.58. The van der Waals surface area contributed by atoms with Crippen LogP contribution in [0.1, 0.15) is 24.1 Å². The van der Waals surface area contributed by atoms with Crippen molar-refractivity contribution in [3.8, 4) is 6.07 Å². The Bertz CT molecular complexity index is 1860. The minimum Gasteiger partial charge on any atom is -0.373 e. The number of benzene rings is 2. The van der Waals surface area contributed by atoms with Crippen molar-refractivity contribution in [1.29, 1.82) is 5.26 Å². The minimum atomic E-state index is -4.49.